The van der Waals surface area contributed by atoms with Crippen LogP contribution in [0.2, 0.25) is 0 Å². The highest BCUT2D eigenvalue weighted by molar-refractivity contribution is 5.22. The van der Waals surface area contributed by atoms with Crippen molar-refractivity contribution in [2.45, 2.75) is 59.7 Å². The fraction of sp³-hybridized carbons (Fsp3) is 0.750. The molecule has 0 aromatic carbocycles. The predicted molar refractivity (Wildman–Crippen MR) is 69.2 cm³/mol. The fourth-order valence-corrected chi connectivity index (χ4v) is 1.57. The highest BCUT2D eigenvalue weighted by Gasteiger charge is 2.10. The highest BCUT2D eigenvalue weighted by Crippen LogP contribution is 2.14. The van der Waals surface area contributed by atoms with Gasteiger partial charge in [0.05, 0.1) is 0 Å². The molecule has 0 fully saturated rings. The minimum atomic E-state index is 0.339. The minimum Gasteiger partial charge on any atom is -0.273 e. The van der Waals surface area contributed by atoms with E-state index in [1.807, 2.05) is 22.0 Å². The lowest BCUT2D eigenvalue weighted by Crippen LogP contribution is -2.31. The van der Waals surface area contributed by atoms with E-state index in [0.717, 1.165) is 0 Å². The maximum Gasteiger partial charge on any atom is 0.197 e. The van der Waals surface area contributed by atoms with Gasteiger partial charge in [-0.1, -0.05) is 5.22 Å². The summed E-state index contributed by atoms with van der Waals surface area (Å²) in [6.45, 7) is 12.6. The van der Waals surface area contributed by atoms with Gasteiger partial charge in [-0.25, -0.2) is 0 Å². The lowest BCUT2D eigenvalue weighted by Gasteiger charge is -2.25. The van der Waals surface area contributed by atoms with Gasteiger partial charge in [0, 0.05) is 30.4 Å². The van der Waals surface area contributed by atoms with Crippen LogP contribution in [0.1, 0.15) is 47.6 Å². The molecule has 0 unspecified atom stereocenters. The van der Waals surface area contributed by atoms with E-state index in [4.69, 9.17) is 0 Å². The second-order valence-corrected chi connectivity index (χ2v) is 5.00. The van der Waals surface area contributed by atoms with E-state index in [1.54, 1.807) is 0 Å². The second kappa shape index (κ2) is 5.80. The molecule has 96 valence electrons. The first-order valence-corrected chi connectivity index (χ1v) is 6.17. The molecule has 1 rings (SSSR count). The molecule has 0 spiro atoms. The molecule has 0 aliphatic rings. The van der Waals surface area contributed by atoms with Crippen LogP contribution in [0.4, 0.5) is 5.82 Å². The molecule has 5 heteroatoms. The summed E-state index contributed by atoms with van der Waals surface area (Å²) >= 11 is 0. The molecule has 0 saturated heterocycles. The van der Waals surface area contributed by atoms with Crippen LogP contribution < -0.4 is 0 Å². The second-order valence-electron chi connectivity index (χ2n) is 5.00. The normalized spacial score (nSPS) is 12.3. The van der Waals surface area contributed by atoms with E-state index in [-0.39, 0.29) is 0 Å². The van der Waals surface area contributed by atoms with Gasteiger partial charge in [0.15, 0.2) is 5.82 Å². The van der Waals surface area contributed by atoms with Crippen molar-refractivity contribution in [2.75, 3.05) is 0 Å². The summed E-state index contributed by atoms with van der Waals surface area (Å²) in [6.07, 6.45) is 1.92. The maximum absolute atomic E-state index is 4.33. The quantitative estimate of drug-likeness (QED) is 0.580. The lowest BCUT2D eigenvalue weighted by molar-refractivity contribution is 0.169. The number of nitrogens with zero attached hydrogens (tertiary/aromatic N) is 5. The SMILES string of the molecule is CC(C)N(N=Nc1ccn(C(C)C)n1)C(C)C. The molecule has 5 nitrogen and oxygen atoms in total. The Balaban J connectivity index is 2.74. The van der Waals surface area contributed by atoms with Crippen molar-refractivity contribution >= 4 is 5.82 Å². The molecule has 0 aliphatic heterocycles. The van der Waals surface area contributed by atoms with E-state index < -0.39 is 0 Å². The van der Waals surface area contributed by atoms with E-state index in [9.17, 15) is 0 Å². The number of aromatic nitrogens is 2. The molecule has 0 aliphatic carbocycles. The third kappa shape index (κ3) is 3.84. The average molecular weight is 237 g/mol. The summed E-state index contributed by atoms with van der Waals surface area (Å²) in [4.78, 5) is 0. The van der Waals surface area contributed by atoms with Crippen LogP contribution in [-0.2, 0) is 0 Å². The Labute approximate surface area is 103 Å². The van der Waals surface area contributed by atoms with E-state index >= 15 is 0 Å². The third-order valence-corrected chi connectivity index (χ3v) is 2.43. The average Bonchev–Trinajstić information content (AvgIpc) is 2.65. The predicted octanol–water partition coefficient (Wildman–Crippen LogP) is 3.58. The fourth-order valence-electron chi connectivity index (χ4n) is 1.57. The number of rotatable bonds is 5. The summed E-state index contributed by atoms with van der Waals surface area (Å²) in [5.74, 6) is 0.657. The molecule has 0 radical (unpaired) electrons. The molecule has 0 amide bonds. The molecule has 0 bridgehead atoms. The minimum absolute atomic E-state index is 0.339. The van der Waals surface area contributed by atoms with Gasteiger partial charge in [-0.3, -0.25) is 9.69 Å². The first-order valence-electron chi connectivity index (χ1n) is 6.17. The summed E-state index contributed by atoms with van der Waals surface area (Å²) < 4.78 is 1.88. The molecule has 0 saturated carbocycles. The van der Waals surface area contributed by atoms with Gasteiger partial charge in [0.2, 0.25) is 0 Å². The molecular formula is C12H23N5. The first-order chi connectivity index (χ1) is 7.91. The molecule has 1 heterocycles. The Morgan fingerprint density at radius 3 is 2.12 bits per heavy atom. The summed E-state index contributed by atoms with van der Waals surface area (Å²) in [5.41, 5.74) is 0. The summed E-state index contributed by atoms with van der Waals surface area (Å²) in [7, 11) is 0. The van der Waals surface area contributed by atoms with Crippen LogP contribution in [0.5, 0.6) is 0 Å². The third-order valence-electron chi connectivity index (χ3n) is 2.43. The van der Waals surface area contributed by atoms with Crippen molar-refractivity contribution < 1.29 is 0 Å². The first kappa shape index (κ1) is 13.7. The summed E-state index contributed by atoms with van der Waals surface area (Å²) in [6, 6.07) is 2.91. The van der Waals surface area contributed by atoms with Crippen molar-refractivity contribution in [3.63, 3.8) is 0 Å². The van der Waals surface area contributed by atoms with Crippen molar-refractivity contribution in [1.82, 2.24) is 14.8 Å². The van der Waals surface area contributed by atoms with Crippen molar-refractivity contribution in [3.8, 4) is 0 Å². The van der Waals surface area contributed by atoms with Gasteiger partial charge >= 0.3 is 0 Å². The van der Waals surface area contributed by atoms with E-state index in [0.29, 0.717) is 23.9 Å². The zero-order chi connectivity index (χ0) is 13.0. The Kier molecular flexibility index (Phi) is 4.66. The van der Waals surface area contributed by atoms with Gasteiger partial charge in [-0.2, -0.15) is 5.10 Å². The van der Waals surface area contributed by atoms with Crippen LogP contribution in [0.15, 0.2) is 22.6 Å². The lowest BCUT2D eigenvalue weighted by atomic mass is 10.3. The standard InChI is InChI=1S/C12H23N5/c1-9(2)16-8-7-12(14-16)13-15-17(10(3)4)11(5)6/h7-11H,1-6H3. The Morgan fingerprint density at radius 1 is 1.12 bits per heavy atom. The smallest absolute Gasteiger partial charge is 0.197 e. The zero-order valence-corrected chi connectivity index (χ0v) is 11.6. The molecule has 1 aromatic rings. The van der Waals surface area contributed by atoms with Crippen molar-refractivity contribution in [1.29, 1.82) is 0 Å². The summed E-state index contributed by atoms with van der Waals surface area (Å²) in [5, 5.41) is 14.7. The Hall–Kier alpha value is -1.39. The van der Waals surface area contributed by atoms with Crippen LogP contribution in [0, 0.1) is 0 Å². The van der Waals surface area contributed by atoms with Gasteiger partial charge < -0.3 is 0 Å². The largest absolute Gasteiger partial charge is 0.273 e. The molecule has 0 atom stereocenters. The van der Waals surface area contributed by atoms with Crippen LogP contribution in [0.25, 0.3) is 0 Å². The van der Waals surface area contributed by atoms with E-state index in [1.165, 1.54) is 0 Å². The number of hydrogen-bond donors (Lipinski definition) is 0. The highest BCUT2D eigenvalue weighted by atomic mass is 15.6. The monoisotopic (exact) mass is 237 g/mol. The Morgan fingerprint density at radius 2 is 1.71 bits per heavy atom. The molecule has 1 aromatic heterocycles. The van der Waals surface area contributed by atoms with Gasteiger partial charge in [-0.05, 0) is 41.5 Å². The van der Waals surface area contributed by atoms with Crippen LogP contribution in [0.3, 0.4) is 0 Å². The van der Waals surface area contributed by atoms with Crippen molar-refractivity contribution in [2.24, 2.45) is 10.3 Å². The topological polar surface area (TPSA) is 45.8 Å². The zero-order valence-electron chi connectivity index (χ0n) is 11.6. The maximum atomic E-state index is 4.33. The van der Waals surface area contributed by atoms with Gasteiger partial charge in [0.25, 0.3) is 0 Å². The van der Waals surface area contributed by atoms with Gasteiger partial charge in [0.1, 0.15) is 0 Å². The van der Waals surface area contributed by atoms with Crippen molar-refractivity contribution in [3.05, 3.63) is 12.3 Å². The molecular weight excluding hydrogens is 214 g/mol. The number of hydrogen-bond acceptors (Lipinski definition) is 3. The van der Waals surface area contributed by atoms with Gasteiger partial charge in [-0.15, -0.1) is 5.11 Å². The molecule has 0 N–H and O–H groups in total. The van der Waals surface area contributed by atoms with Crippen LogP contribution >= 0.6 is 0 Å². The Bertz CT molecular complexity index is 357. The van der Waals surface area contributed by atoms with Crippen LogP contribution in [-0.4, -0.2) is 26.9 Å². The van der Waals surface area contributed by atoms with E-state index in [2.05, 4.69) is 57.0 Å². The molecule has 17 heavy (non-hydrogen) atoms.